The summed E-state index contributed by atoms with van der Waals surface area (Å²) in [4.78, 5) is 31.0. The second-order valence-corrected chi connectivity index (χ2v) is 5.76. The number of nitrogens with one attached hydrogen (secondary N) is 2. The zero-order valence-corrected chi connectivity index (χ0v) is 13.6. The molecule has 24 heavy (non-hydrogen) atoms. The van der Waals surface area contributed by atoms with Gasteiger partial charge in [0, 0.05) is 37.7 Å². The number of rotatable bonds is 4. The van der Waals surface area contributed by atoms with E-state index in [4.69, 9.17) is 0 Å². The standard InChI is InChI=1S/C16H21N7O/c1-12-17-8-5-13(21-12)10-20-16(24)22-14-4-2-9-23(11-14)15-18-6-3-7-19-15/h3,5-8,14H,2,4,9-11H2,1H3,(H2,20,22,24)/t14-/m0/s1. The molecule has 2 amide bonds. The number of carbonyl (C=O) groups is 1. The summed E-state index contributed by atoms with van der Waals surface area (Å²) in [5.74, 6) is 1.40. The van der Waals surface area contributed by atoms with E-state index >= 15 is 0 Å². The molecular formula is C16H21N7O. The Morgan fingerprint density at radius 3 is 2.92 bits per heavy atom. The van der Waals surface area contributed by atoms with Crippen LogP contribution in [0.2, 0.25) is 0 Å². The summed E-state index contributed by atoms with van der Waals surface area (Å²) in [5, 5.41) is 5.85. The van der Waals surface area contributed by atoms with Gasteiger partial charge in [0.1, 0.15) is 5.82 Å². The average molecular weight is 327 g/mol. The monoisotopic (exact) mass is 327 g/mol. The smallest absolute Gasteiger partial charge is 0.315 e. The minimum atomic E-state index is -0.188. The molecule has 126 valence electrons. The van der Waals surface area contributed by atoms with Gasteiger partial charge in [0.2, 0.25) is 5.95 Å². The highest BCUT2D eigenvalue weighted by atomic mass is 16.2. The van der Waals surface area contributed by atoms with Crippen LogP contribution >= 0.6 is 0 Å². The third-order valence-corrected chi connectivity index (χ3v) is 3.86. The Morgan fingerprint density at radius 2 is 2.12 bits per heavy atom. The van der Waals surface area contributed by atoms with Gasteiger partial charge in [-0.05, 0) is 31.9 Å². The highest BCUT2D eigenvalue weighted by Crippen LogP contribution is 2.15. The third kappa shape index (κ3) is 4.37. The van der Waals surface area contributed by atoms with E-state index in [1.165, 1.54) is 0 Å². The van der Waals surface area contributed by atoms with E-state index in [-0.39, 0.29) is 12.1 Å². The molecule has 1 atom stereocenters. The van der Waals surface area contributed by atoms with E-state index in [9.17, 15) is 4.79 Å². The van der Waals surface area contributed by atoms with Gasteiger partial charge in [-0.25, -0.2) is 24.7 Å². The maximum absolute atomic E-state index is 12.1. The van der Waals surface area contributed by atoms with Crippen LogP contribution in [0, 0.1) is 6.92 Å². The van der Waals surface area contributed by atoms with Crippen LogP contribution in [-0.4, -0.2) is 45.1 Å². The number of urea groups is 1. The molecule has 1 fully saturated rings. The van der Waals surface area contributed by atoms with Crippen LogP contribution in [0.3, 0.4) is 0 Å². The van der Waals surface area contributed by atoms with Gasteiger partial charge in [0.25, 0.3) is 0 Å². The van der Waals surface area contributed by atoms with Crippen molar-refractivity contribution in [3.63, 3.8) is 0 Å². The molecule has 2 aromatic heterocycles. The average Bonchev–Trinajstić information content (AvgIpc) is 2.61. The highest BCUT2D eigenvalue weighted by Gasteiger charge is 2.22. The summed E-state index contributed by atoms with van der Waals surface area (Å²) in [7, 11) is 0. The minimum Gasteiger partial charge on any atom is -0.339 e. The second kappa shape index (κ2) is 7.67. The third-order valence-electron chi connectivity index (χ3n) is 3.86. The van der Waals surface area contributed by atoms with Crippen molar-refractivity contribution in [1.29, 1.82) is 0 Å². The molecule has 2 aromatic rings. The Kier molecular flexibility index (Phi) is 5.15. The van der Waals surface area contributed by atoms with Gasteiger partial charge in [-0.2, -0.15) is 0 Å². The van der Waals surface area contributed by atoms with Crippen LogP contribution in [0.15, 0.2) is 30.7 Å². The van der Waals surface area contributed by atoms with Crippen LogP contribution in [-0.2, 0) is 6.54 Å². The van der Waals surface area contributed by atoms with Crippen molar-refractivity contribution in [2.75, 3.05) is 18.0 Å². The molecule has 8 heteroatoms. The van der Waals surface area contributed by atoms with Crippen molar-refractivity contribution in [3.8, 4) is 0 Å². The van der Waals surface area contributed by atoms with Crippen molar-refractivity contribution in [3.05, 3.63) is 42.2 Å². The predicted octanol–water partition coefficient (Wildman–Crippen LogP) is 1.04. The van der Waals surface area contributed by atoms with Crippen LogP contribution in [0.1, 0.15) is 24.4 Å². The quantitative estimate of drug-likeness (QED) is 0.871. The van der Waals surface area contributed by atoms with Crippen molar-refractivity contribution in [2.24, 2.45) is 0 Å². The fraction of sp³-hybridized carbons (Fsp3) is 0.438. The summed E-state index contributed by atoms with van der Waals surface area (Å²) in [6.07, 6.45) is 7.10. The summed E-state index contributed by atoms with van der Waals surface area (Å²) in [6, 6.07) is 3.48. The normalized spacial score (nSPS) is 17.4. The van der Waals surface area contributed by atoms with Gasteiger partial charge in [-0.15, -0.1) is 0 Å². The fourth-order valence-corrected chi connectivity index (χ4v) is 2.74. The van der Waals surface area contributed by atoms with Crippen molar-refractivity contribution < 1.29 is 4.79 Å². The molecule has 0 unspecified atom stereocenters. The lowest BCUT2D eigenvalue weighted by Crippen LogP contribution is -2.50. The molecule has 0 bridgehead atoms. The Bertz CT molecular complexity index is 679. The zero-order chi connectivity index (χ0) is 16.8. The van der Waals surface area contributed by atoms with Crippen molar-refractivity contribution >= 4 is 12.0 Å². The van der Waals surface area contributed by atoms with Crippen LogP contribution in [0.25, 0.3) is 0 Å². The lowest BCUT2D eigenvalue weighted by molar-refractivity contribution is 0.234. The van der Waals surface area contributed by atoms with E-state index in [0.717, 1.165) is 25.1 Å². The topological polar surface area (TPSA) is 95.9 Å². The molecule has 0 radical (unpaired) electrons. The molecule has 1 aliphatic heterocycles. The number of nitrogens with zero attached hydrogens (tertiary/aromatic N) is 5. The number of aryl methyl sites for hydroxylation is 1. The molecule has 2 N–H and O–H groups in total. The SMILES string of the molecule is Cc1nccc(CNC(=O)N[C@H]2CCCN(c3ncccn3)C2)n1. The number of piperidine rings is 1. The van der Waals surface area contributed by atoms with E-state index in [1.807, 2.05) is 6.92 Å². The summed E-state index contributed by atoms with van der Waals surface area (Å²) >= 11 is 0. The maximum atomic E-state index is 12.1. The molecule has 0 spiro atoms. The van der Waals surface area contributed by atoms with Crippen molar-refractivity contribution in [1.82, 2.24) is 30.6 Å². The molecule has 3 rings (SSSR count). The first-order valence-corrected chi connectivity index (χ1v) is 8.05. The minimum absolute atomic E-state index is 0.0784. The van der Waals surface area contributed by atoms with Gasteiger partial charge in [-0.3, -0.25) is 0 Å². The number of amides is 2. The summed E-state index contributed by atoms with van der Waals surface area (Å²) in [5.41, 5.74) is 0.792. The van der Waals surface area contributed by atoms with Gasteiger partial charge in [0.15, 0.2) is 0 Å². The van der Waals surface area contributed by atoms with E-state index in [0.29, 0.717) is 24.9 Å². The molecule has 0 saturated carbocycles. The molecule has 0 aromatic carbocycles. The molecule has 8 nitrogen and oxygen atoms in total. The predicted molar refractivity (Wildman–Crippen MR) is 89.4 cm³/mol. The molecule has 1 aliphatic rings. The zero-order valence-electron chi connectivity index (χ0n) is 13.6. The molecule has 3 heterocycles. The van der Waals surface area contributed by atoms with Crippen LogP contribution < -0.4 is 15.5 Å². The summed E-state index contributed by atoms with van der Waals surface area (Å²) in [6.45, 7) is 3.83. The van der Waals surface area contributed by atoms with Crippen LogP contribution in [0.5, 0.6) is 0 Å². The number of hydrogen-bond donors (Lipinski definition) is 2. The first-order valence-electron chi connectivity index (χ1n) is 8.05. The molecule has 0 aliphatic carbocycles. The first kappa shape index (κ1) is 16.1. The maximum Gasteiger partial charge on any atom is 0.315 e. The van der Waals surface area contributed by atoms with E-state index < -0.39 is 0 Å². The Hall–Kier alpha value is -2.77. The van der Waals surface area contributed by atoms with E-state index in [1.54, 1.807) is 30.7 Å². The number of anilines is 1. The number of aromatic nitrogens is 4. The van der Waals surface area contributed by atoms with Gasteiger partial charge in [0.05, 0.1) is 12.2 Å². The number of hydrogen-bond acceptors (Lipinski definition) is 6. The second-order valence-electron chi connectivity index (χ2n) is 5.76. The largest absolute Gasteiger partial charge is 0.339 e. The first-order chi connectivity index (χ1) is 11.7. The highest BCUT2D eigenvalue weighted by molar-refractivity contribution is 5.74. The summed E-state index contributed by atoms with van der Waals surface area (Å²) < 4.78 is 0. The van der Waals surface area contributed by atoms with Gasteiger partial charge >= 0.3 is 6.03 Å². The lowest BCUT2D eigenvalue weighted by Gasteiger charge is -2.33. The van der Waals surface area contributed by atoms with Gasteiger partial charge < -0.3 is 15.5 Å². The number of carbonyl (C=O) groups excluding carboxylic acids is 1. The lowest BCUT2D eigenvalue weighted by atomic mass is 10.1. The Balaban J connectivity index is 1.49. The Labute approximate surface area is 140 Å². The fourth-order valence-electron chi connectivity index (χ4n) is 2.74. The Morgan fingerprint density at radius 1 is 1.29 bits per heavy atom. The molecule has 1 saturated heterocycles. The van der Waals surface area contributed by atoms with Gasteiger partial charge in [-0.1, -0.05) is 0 Å². The van der Waals surface area contributed by atoms with Crippen molar-refractivity contribution in [2.45, 2.75) is 32.4 Å². The van der Waals surface area contributed by atoms with Crippen LogP contribution in [0.4, 0.5) is 10.7 Å². The van der Waals surface area contributed by atoms with E-state index in [2.05, 4.69) is 35.5 Å². The molecular weight excluding hydrogens is 306 g/mol.